The molecule has 0 bridgehead atoms. The monoisotopic (exact) mass is 301 g/mol. The molecule has 21 heavy (non-hydrogen) atoms. The summed E-state index contributed by atoms with van der Waals surface area (Å²) in [5.41, 5.74) is 0. The van der Waals surface area contributed by atoms with Crippen LogP contribution in [0.3, 0.4) is 0 Å². The third-order valence-electron chi connectivity index (χ3n) is 3.48. The summed E-state index contributed by atoms with van der Waals surface area (Å²) in [5.74, 6) is 1.85. The van der Waals surface area contributed by atoms with E-state index < -0.39 is 0 Å². The number of hydrogen-bond acceptors (Lipinski definition) is 4. The van der Waals surface area contributed by atoms with Crippen molar-refractivity contribution >= 4 is 11.3 Å². The van der Waals surface area contributed by atoms with Crippen LogP contribution in [0.4, 0.5) is 0 Å². The number of aromatic nitrogens is 2. The van der Waals surface area contributed by atoms with Gasteiger partial charge in [-0.15, -0.1) is 11.3 Å². The normalized spacial score (nSPS) is 14.2. The van der Waals surface area contributed by atoms with Gasteiger partial charge in [0.15, 0.2) is 0 Å². The molecule has 0 aromatic carbocycles. The van der Waals surface area contributed by atoms with Crippen LogP contribution in [0.1, 0.15) is 29.4 Å². The molecule has 2 atom stereocenters. The Kier molecular flexibility index (Phi) is 4.22. The maximum Gasteiger partial charge on any atom is 0.133 e. The first-order valence-electron chi connectivity index (χ1n) is 7.03. The number of nitrogens with one attached hydrogen (secondary N) is 1. The van der Waals surface area contributed by atoms with E-state index in [4.69, 9.17) is 4.42 Å². The van der Waals surface area contributed by atoms with Gasteiger partial charge in [-0.3, -0.25) is 5.32 Å². The van der Waals surface area contributed by atoms with Gasteiger partial charge in [0, 0.05) is 30.4 Å². The SMILES string of the molecule is CC(Cc1cccs1)NC(c1ccco1)c1nccn1C. The van der Waals surface area contributed by atoms with Crippen molar-refractivity contribution in [1.82, 2.24) is 14.9 Å². The Morgan fingerprint density at radius 3 is 2.90 bits per heavy atom. The molecule has 0 aliphatic rings. The van der Waals surface area contributed by atoms with Crippen molar-refractivity contribution in [2.24, 2.45) is 7.05 Å². The number of rotatable bonds is 6. The zero-order valence-electron chi connectivity index (χ0n) is 12.2. The number of nitrogens with zero attached hydrogens (tertiary/aromatic N) is 2. The Balaban J connectivity index is 1.78. The van der Waals surface area contributed by atoms with Crippen molar-refractivity contribution < 1.29 is 4.42 Å². The second-order valence-electron chi connectivity index (χ2n) is 5.20. The van der Waals surface area contributed by atoms with Gasteiger partial charge in [-0.25, -0.2) is 4.98 Å². The molecule has 3 aromatic heterocycles. The molecule has 3 rings (SSSR count). The van der Waals surface area contributed by atoms with Crippen LogP contribution < -0.4 is 5.32 Å². The van der Waals surface area contributed by atoms with Crippen molar-refractivity contribution in [2.75, 3.05) is 0 Å². The van der Waals surface area contributed by atoms with E-state index in [2.05, 4.69) is 34.7 Å². The highest BCUT2D eigenvalue weighted by molar-refractivity contribution is 7.09. The van der Waals surface area contributed by atoms with E-state index in [-0.39, 0.29) is 6.04 Å². The molecule has 0 saturated carbocycles. The number of aryl methyl sites for hydroxylation is 1. The first-order valence-corrected chi connectivity index (χ1v) is 7.91. The Hall–Kier alpha value is -1.85. The molecule has 5 heteroatoms. The molecule has 0 aliphatic carbocycles. The number of furan rings is 1. The molecule has 4 nitrogen and oxygen atoms in total. The van der Waals surface area contributed by atoms with Crippen molar-refractivity contribution in [2.45, 2.75) is 25.4 Å². The topological polar surface area (TPSA) is 43.0 Å². The highest BCUT2D eigenvalue weighted by Crippen LogP contribution is 2.22. The molecule has 0 fully saturated rings. The highest BCUT2D eigenvalue weighted by Gasteiger charge is 2.22. The fourth-order valence-corrected chi connectivity index (χ4v) is 3.30. The lowest BCUT2D eigenvalue weighted by molar-refractivity contribution is 0.398. The van der Waals surface area contributed by atoms with Gasteiger partial charge in [0.05, 0.1) is 6.26 Å². The Labute approximate surface area is 128 Å². The molecule has 1 N–H and O–H groups in total. The number of thiophene rings is 1. The molecule has 0 spiro atoms. The van der Waals surface area contributed by atoms with Gasteiger partial charge in [-0.05, 0) is 36.9 Å². The highest BCUT2D eigenvalue weighted by atomic mass is 32.1. The van der Waals surface area contributed by atoms with Crippen LogP contribution in [0.15, 0.2) is 52.7 Å². The van der Waals surface area contributed by atoms with Gasteiger partial charge in [0.2, 0.25) is 0 Å². The summed E-state index contributed by atoms with van der Waals surface area (Å²) in [4.78, 5) is 5.85. The average Bonchev–Trinajstić information content (AvgIpc) is 3.18. The van der Waals surface area contributed by atoms with Gasteiger partial charge in [-0.2, -0.15) is 0 Å². The fraction of sp³-hybridized carbons (Fsp3) is 0.312. The van der Waals surface area contributed by atoms with Crippen molar-refractivity contribution in [3.8, 4) is 0 Å². The first kappa shape index (κ1) is 14.1. The van der Waals surface area contributed by atoms with Gasteiger partial charge >= 0.3 is 0 Å². The first-order chi connectivity index (χ1) is 10.2. The third-order valence-corrected chi connectivity index (χ3v) is 4.38. The largest absolute Gasteiger partial charge is 0.467 e. The van der Waals surface area contributed by atoms with E-state index in [0.29, 0.717) is 6.04 Å². The van der Waals surface area contributed by atoms with E-state index in [1.165, 1.54) is 4.88 Å². The maximum atomic E-state index is 5.60. The predicted octanol–water partition coefficient (Wildman–Crippen LogP) is 3.38. The van der Waals surface area contributed by atoms with E-state index in [1.54, 1.807) is 17.6 Å². The summed E-state index contributed by atoms with van der Waals surface area (Å²) in [6.45, 7) is 2.19. The smallest absolute Gasteiger partial charge is 0.133 e. The molecule has 0 saturated heterocycles. The van der Waals surface area contributed by atoms with Crippen LogP contribution in [-0.2, 0) is 13.5 Å². The summed E-state index contributed by atoms with van der Waals surface area (Å²) in [5, 5.41) is 5.75. The maximum absolute atomic E-state index is 5.60. The summed E-state index contributed by atoms with van der Waals surface area (Å²) in [6, 6.07) is 8.47. The lowest BCUT2D eigenvalue weighted by atomic mass is 10.1. The average molecular weight is 301 g/mol. The van der Waals surface area contributed by atoms with Crippen LogP contribution in [0.2, 0.25) is 0 Å². The van der Waals surface area contributed by atoms with Crippen LogP contribution >= 0.6 is 11.3 Å². The van der Waals surface area contributed by atoms with Gasteiger partial charge in [-0.1, -0.05) is 6.07 Å². The van der Waals surface area contributed by atoms with E-state index in [9.17, 15) is 0 Å². The standard InChI is InChI=1S/C16H19N3OS/c1-12(11-13-5-4-10-21-13)18-15(14-6-3-9-20-14)16-17-7-8-19(16)2/h3-10,12,15,18H,11H2,1-2H3. The zero-order chi connectivity index (χ0) is 14.7. The molecule has 110 valence electrons. The van der Waals surface area contributed by atoms with Crippen LogP contribution in [0, 0.1) is 0 Å². The number of hydrogen-bond donors (Lipinski definition) is 1. The van der Waals surface area contributed by atoms with Gasteiger partial charge in [0.25, 0.3) is 0 Å². The molecule has 0 aliphatic heterocycles. The summed E-state index contributed by atoms with van der Waals surface area (Å²) < 4.78 is 7.62. The lowest BCUT2D eigenvalue weighted by Gasteiger charge is -2.21. The minimum Gasteiger partial charge on any atom is -0.467 e. The molecular formula is C16H19N3OS. The minimum absolute atomic E-state index is 0.0324. The zero-order valence-corrected chi connectivity index (χ0v) is 13.0. The van der Waals surface area contributed by atoms with Gasteiger partial charge < -0.3 is 8.98 Å². The van der Waals surface area contributed by atoms with Crippen LogP contribution in [0.5, 0.6) is 0 Å². The van der Waals surface area contributed by atoms with Crippen molar-refractivity contribution in [3.05, 3.63) is 64.8 Å². The minimum atomic E-state index is -0.0324. The van der Waals surface area contributed by atoms with E-state index >= 15 is 0 Å². The molecule has 3 aromatic rings. The summed E-state index contributed by atoms with van der Waals surface area (Å²) in [6.07, 6.45) is 6.48. The number of imidazole rings is 1. The summed E-state index contributed by atoms with van der Waals surface area (Å²) >= 11 is 1.79. The molecular weight excluding hydrogens is 282 g/mol. The second kappa shape index (κ2) is 6.28. The Bertz CT molecular complexity index is 658. The van der Waals surface area contributed by atoms with E-state index in [0.717, 1.165) is 18.0 Å². The van der Waals surface area contributed by atoms with Crippen molar-refractivity contribution in [3.63, 3.8) is 0 Å². The van der Waals surface area contributed by atoms with Crippen molar-refractivity contribution in [1.29, 1.82) is 0 Å². The Morgan fingerprint density at radius 2 is 2.29 bits per heavy atom. The molecule has 2 unspecified atom stereocenters. The van der Waals surface area contributed by atoms with Crippen LogP contribution in [-0.4, -0.2) is 15.6 Å². The molecule has 0 radical (unpaired) electrons. The molecule has 0 amide bonds. The summed E-state index contributed by atoms with van der Waals surface area (Å²) in [7, 11) is 2.00. The molecule has 3 heterocycles. The second-order valence-corrected chi connectivity index (χ2v) is 6.23. The predicted molar refractivity (Wildman–Crippen MR) is 84.4 cm³/mol. The third kappa shape index (κ3) is 3.25. The lowest BCUT2D eigenvalue weighted by Crippen LogP contribution is -2.33. The fourth-order valence-electron chi connectivity index (χ4n) is 2.47. The van der Waals surface area contributed by atoms with E-state index in [1.807, 2.05) is 36.1 Å². The van der Waals surface area contributed by atoms with Gasteiger partial charge in [0.1, 0.15) is 17.6 Å². The Morgan fingerprint density at radius 1 is 1.38 bits per heavy atom. The van der Waals surface area contributed by atoms with Crippen LogP contribution in [0.25, 0.3) is 0 Å². The quantitative estimate of drug-likeness (QED) is 0.759.